The first-order valence-corrected chi connectivity index (χ1v) is 7.10. The van der Waals surface area contributed by atoms with E-state index in [2.05, 4.69) is 11.4 Å². The second-order valence-electron chi connectivity index (χ2n) is 5.30. The van der Waals surface area contributed by atoms with E-state index in [0.29, 0.717) is 6.42 Å². The molecule has 2 rings (SSSR count). The van der Waals surface area contributed by atoms with Gasteiger partial charge in [0.2, 0.25) is 0 Å². The average Bonchev–Trinajstić information content (AvgIpc) is 2.53. The molecule has 2 N–H and O–H groups in total. The van der Waals surface area contributed by atoms with Gasteiger partial charge in [0.1, 0.15) is 5.41 Å². The number of carboxylic acid groups (broad SMARTS) is 1. The number of hydrogen-bond acceptors (Lipinski definition) is 2. The van der Waals surface area contributed by atoms with Crippen LogP contribution in [0.2, 0.25) is 0 Å². The summed E-state index contributed by atoms with van der Waals surface area (Å²) in [7, 11) is 0. The third kappa shape index (κ3) is 3.26. The lowest BCUT2D eigenvalue weighted by Crippen LogP contribution is -2.39. The Morgan fingerprint density at radius 2 is 1.59 bits per heavy atom. The molecule has 1 unspecified atom stereocenters. The van der Waals surface area contributed by atoms with E-state index in [0.717, 1.165) is 11.1 Å². The maximum atomic E-state index is 10.9. The number of nitrogens with one attached hydrogen (secondary N) is 1. The zero-order valence-corrected chi connectivity index (χ0v) is 12.4. The molecular weight excluding hydrogens is 276 g/mol. The van der Waals surface area contributed by atoms with Gasteiger partial charge in [0.15, 0.2) is 0 Å². The summed E-state index contributed by atoms with van der Waals surface area (Å²) < 4.78 is 0. The van der Waals surface area contributed by atoms with Crippen molar-refractivity contribution in [2.75, 3.05) is 0 Å². The molecule has 0 aliphatic rings. The van der Waals surface area contributed by atoms with Gasteiger partial charge < -0.3 is 10.4 Å². The maximum absolute atomic E-state index is 10.9. The van der Waals surface area contributed by atoms with Gasteiger partial charge in [0.25, 0.3) is 0 Å². The molecule has 0 spiro atoms. The van der Waals surface area contributed by atoms with Crippen LogP contribution in [0, 0.1) is 11.3 Å². The Hall–Kier alpha value is -2.80. The monoisotopic (exact) mass is 294 g/mol. The van der Waals surface area contributed by atoms with Gasteiger partial charge in [-0.2, -0.15) is 5.26 Å². The summed E-state index contributed by atoms with van der Waals surface area (Å²) in [5.74, 6) is 0. The van der Waals surface area contributed by atoms with Gasteiger partial charge in [0.05, 0.1) is 6.07 Å². The van der Waals surface area contributed by atoms with Crippen LogP contribution in [0.15, 0.2) is 60.7 Å². The minimum Gasteiger partial charge on any atom is -0.465 e. The van der Waals surface area contributed by atoms with Crippen molar-refractivity contribution >= 4 is 6.09 Å². The lowest BCUT2D eigenvalue weighted by molar-refractivity contribution is 0.189. The van der Waals surface area contributed by atoms with Crippen molar-refractivity contribution in [3.05, 3.63) is 71.8 Å². The largest absolute Gasteiger partial charge is 0.465 e. The zero-order chi connectivity index (χ0) is 16.0. The number of nitriles is 1. The fourth-order valence-corrected chi connectivity index (χ4v) is 2.74. The van der Waals surface area contributed by atoms with Crippen LogP contribution >= 0.6 is 0 Å². The highest BCUT2D eigenvalue weighted by atomic mass is 16.4. The van der Waals surface area contributed by atoms with Crippen molar-refractivity contribution in [2.45, 2.75) is 24.8 Å². The van der Waals surface area contributed by atoms with Gasteiger partial charge in [0, 0.05) is 6.04 Å². The Labute approximate surface area is 130 Å². The number of rotatable bonds is 5. The lowest BCUT2D eigenvalue weighted by atomic mass is 9.71. The SMILES string of the molecule is CC(CC(C#N)(c1ccccc1)c1ccccc1)NC(=O)O. The number of hydrogen-bond donors (Lipinski definition) is 2. The first-order chi connectivity index (χ1) is 10.6. The molecule has 0 aliphatic carbocycles. The smallest absolute Gasteiger partial charge is 0.404 e. The Bertz CT molecular complexity index is 623. The summed E-state index contributed by atoms with van der Waals surface area (Å²) in [6.07, 6.45) is -0.718. The molecule has 0 saturated carbocycles. The molecular formula is C18H18N2O2. The van der Waals surface area contributed by atoms with Gasteiger partial charge in [-0.15, -0.1) is 0 Å². The summed E-state index contributed by atoms with van der Waals surface area (Å²) in [4.78, 5) is 10.9. The highest BCUT2D eigenvalue weighted by Crippen LogP contribution is 2.36. The van der Waals surface area contributed by atoms with Gasteiger partial charge in [-0.25, -0.2) is 4.79 Å². The van der Waals surface area contributed by atoms with Crippen LogP contribution in [0.5, 0.6) is 0 Å². The van der Waals surface area contributed by atoms with E-state index in [1.807, 2.05) is 60.7 Å². The summed E-state index contributed by atoms with van der Waals surface area (Å²) in [6, 6.07) is 21.0. The lowest BCUT2D eigenvalue weighted by Gasteiger charge is -2.30. The number of carbonyl (C=O) groups is 1. The summed E-state index contributed by atoms with van der Waals surface area (Å²) in [5.41, 5.74) is 0.843. The average molecular weight is 294 g/mol. The fourth-order valence-electron chi connectivity index (χ4n) is 2.74. The standard InChI is InChI=1S/C18H18N2O2/c1-14(20-17(21)22)12-18(13-19,15-8-4-2-5-9-15)16-10-6-3-7-11-16/h2-11,14,20H,12H2,1H3,(H,21,22). The molecule has 112 valence electrons. The molecule has 0 aliphatic heterocycles. The molecule has 1 amide bonds. The molecule has 0 fully saturated rings. The van der Waals surface area contributed by atoms with Crippen LogP contribution in [-0.4, -0.2) is 17.2 Å². The van der Waals surface area contributed by atoms with Gasteiger partial charge in [-0.05, 0) is 24.5 Å². The Kier molecular flexibility index (Phi) is 4.80. The highest BCUT2D eigenvalue weighted by molar-refractivity contribution is 5.65. The van der Waals surface area contributed by atoms with E-state index in [9.17, 15) is 10.1 Å². The first kappa shape index (κ1) is 15.6. The van der Waals surface area contributed by atoms with Crippen molar-refractivity contribution < 1.29 is 9.90 Å². The van der Waals surface area contributed by atoms with E-state index < -0.39 is 11.5 Å². The summed E-state index contributed by atoms with van der Waals surface area (Å²) in [5, 5.41) is 21.3. The van der Waals surface area contributed by atoms with Gasteiger partial charge in [-0.3, -0.25) is 0 Å². The number of benzene rings is 2. The third-order valence-corrected chi connectivity index (χ3v) is 3.71. The molecule has 22 heavy (non-hydrogen) atoms. The van der Waals surface area contributed by atoms with Crippen molar-refractivity contribution in [2.24, 2.45) is 0 Å². The quantitative estimate of drug-likeness (QED) is 0.885. The second-order valence-corrected chi connectivity index (χ2v) is 5.30. The molecule has 4 nitrogen and oxygen atoms in total. The maximum Gasteiger partial charge on any atom is 0.404 e. The van der Waals surface area contributed by atoms with Crippen LogP contribution in [-0.2, 0) is 5.41 Å². The molecule has 0 bridgehead atoms. The molecule has 1 atom stereocenters. The van der Waals surface area contributed by atoms with Gasteiger partial charge >= 0.3 is 6.09 Å². The Balaban J connectivity index is 2.49. The topological polar surface area (TPSA) is 73.1 Å². The van der Waals surface area contributed by atoms with Crippen LogP contribution in [0.4, 0.5) is 4.79 Å². The van der Waals surface area contributed by atoms with E-state index in [1.165, 1.54) is 0 Å². The van der Waals surface area contributed by atoms with E-state index in [1.54, 1.807) is 6.92 Å². The highest BCUT2D eigenvalue weighted by Gasteiger charge is 2.36. The molecule has 0 radical (unpaired) electrons. The van der Waals surface area contributed by atoms with Gasteiger partial charge in [-0.1, -0.05) is 60.7 Å². The fraction of sp³-hybridized carbons (Fsp3) is 0.222. The zero-order valence-electron chi connectivity index (χ0n) is 12.4. The summed E-state index contributed by atoms with van der Waals surface area (Å²) >= 11 is 0. The minimum atomic E-state index is -1.08. The second kappa shape index (κ2) is 6.77. The van der Waals surface area contributed by atoms with Crippen LogP contribution < -0.4 is 5.32 Å². The molecule has 4 heteroatoms. The minimum absolute atomic E-state index is 0.349. The molecule has 2 aromatic rings. The molecule has 0 heterocycles. The van der Waals surface area contributed by atoms with Crippen molar-refractivity contribution in [1.82, 2.24) is 5.32 Å². The molecule has 0 aromatic heterocycles. The Morgan fingerprint density at radius 3 is 1.95 bits per heavy atom. The molecule has 0 saturated heterocycles. The van der Waals surface area contributed by atoms with Crippen LogP contribution in [0.25, 0.3) is 0 Å². The normalized spacial score (nSPS) is 12.2. The van der Waals surface area contributed by atoms with Crippen LogP contribution in [0.1, 0.15) is 24.5 Å². The molecule has 2 aromatic carbocycles. The summed E-state index contributed by atoms with van der Waals surface area (Å²) in [6.45, 7) is 1.77. The van der Waals surface area contributed by atoms with Crippen molar-refractivity contribution in [3.8, 4) is 6.07 Å². The Morgan fingerprint density at radius 1 is 1.14 bits per heavy atom. The van der Waals surface area contributed by atoms with E-state index in [-0.39, 0.29) is 6.04 Å². The van der Waals surface area contributed by atoms with Crippen molar-refractivity contribution in [1.29, 1.82) is 5.26 Å². The third-order valence-electron chi connectivity index (χ3n) is 3.71. The number of amides is 1. The van der Waals surface area contributed by atoms with Crippen LogP contribution in [0.3, 0.4) is 0 Å². The predicted molar refractivity (Wildman–Crippen MR) is 84.5 cm³/mol. The van der Waals surface area contributed by atoms with Crippen molar-refractivity contribution in [3.63, 3.8) is 0 Å². The predicted octanol–water partition coefficient (Wildman–Crippen LogP) is 3.54. The van der Waals surface area contributed by atoms with E-state index >= 15 is 0 Å². The van der Waals surface area contributed by atoms with E-state index in [4.69, 9.17) is 5.11 Å². The number of nitrogens with zero attached hydrogens (tertiary/aromatic N) is 1. The first-order valence-electron chi connectivity index (χ1n) is 7.10.